The SMILES string of the molecule is Cc1nc(CN2CCN(CC#N)CC2)no1. The van der Waals surface area contributed by atoms with Crippen LogP contribution in [0.25, 0.3) is 0 Å². The van der Waals surface area contributed by atoms with E-state index < -0.39 is 0 Å². The van der Waals surface area contributed by atoms with Gasteiger partial charge in [-0.15, -0.1) is 0 Å². The molecule has 1 aromatic rings. The molecule has 0 N–H and O–H groups in total. The number of hydrogen-bond acceptors (Lipinski definition) is 6. The zero-order valence-corrected chi connectivity index (χ0v) is 9.39. The maximum Gasteiger partial charge on any atom is 0.223 e. The Hall–Kier alpha value is -1.45. The Labute approximate surface area is 94.4 Å². The van der Waals surface area contributed by atoms with Crippen LogP contribution >= 0.6 is 0 Å². The van der Waals surface area contributed by atoms with Gasteiger partial charge in [-0.1, -0.05) is 5.16 Å². The Kier molecular flexibility index (Phi) is 3.49. The summed E-state index contributed by atoms with van der Waals surface area (Å²) in [4.78, 5) is 8.60. The topological polar surface area (TPSA) is 69.2 Å². The van der Waals surface area contributed by atoms with Gasteiger partial charge in [0.1, 0.15) is 0 Å². The molecule has 1 saturated heterocycles. The van der Waals surface area contributed by atoms with Gasteiger partial charge in [0.15, 0.2) is 5.82 Å². The quantitative estimate of drug-likeness (QED) is 0.670. The third-order valence-electron chi connectivity index (χ3n) is 2.69. The predicted molar refractivity (Wildman–Crippen MR) is 56.4 cm³/mol. The number of piperazine rings is 1. The van der Waals surface area contributed by atoms with Gasteiger partial charge in [0.25, 0.3) is 0 Å². The summed E-state index contributed by atoms with van der Waals surface area (Å²) in [6.07, 6.45) is 0. The highest BCUT2D eigenvalue weighted by atomic mass is 16.5. The highest BCUT2D eigenvalue weighted by Gasteiger charge is 2.17. The van der Waals surface area contributed by atoms with Gasteiger partial charge in [-0.25, -0.2) is 0 Å². The van der Waals surface area contributed by atoms with Gasteiger partial charge in [0.05, 0.1) is 19.2 Å². The number of nitriles is 1. The van der Waals surface area contributed by atoms with E-state index in [9.17, 15) is 0 Å². The lowest BCUT2D eigenvalue weighted by Gasteiger charge is -2.32. The van der Waals surface area contributed by atoms with Crippen LogP contribution in [0.1, 0.15) is 11.7 Å². The molecular formula is C10H15N5O. The zero-order chi connectivity index (χ0) is 11.4. The molecule has 0 aromatic carbocycles. The molecule has 0 amide bonds. The van der Waals surface area contributed by atoms with E-state index in [-0.39, 0.29) is 0 Å². The third kappa shape index (κ3) is 2.78. The molecule has 16 heavy (non-hydrogen) atoms. The lowest BCUT2D eigenvalue weighted by Crippen LogP contribution is -2.45. The number of aryl methyl sites for hydroxylation is 1. The maximum atomic E-state index is 8.58. The van der Waals surface area contributed by atoms with Crippen LogP contribution in [0.15, 0.2) is 4.52 Å². The van der Waals surface area contributed by atoms with Crippen molar-refractivity contribution in [3.63, 3.8) is 0 Å². The van der Waals surface area contributed by atoms with E-state index in [0.29, 0.717) is 12.4 Å². The van der Waals surface area contributed by atoms with E-state index in [4.69, 9.17) is 9.78 Å². The summed E-state index contributed by atoms with van der Waals surface area (Å²) in [5.74, 6) is 1.35. The van der Waals surface area contributed by atoms with Crippen molar-refractivity contribution >= 4 is 0 Å². The van der Waals surface area contributed by atoms with E-state index in [1.807, 2.05) is 0 Å². The highest BCUT2D eigenvalue weighted by molar-refractivity contribution is 4.86. The summed E-state index contributed by atoms with van der Waals surface area (Å²) in [5.41, 5.74) is 0. The average molecular weight is 221 g/mol. The van der Waals surface area contributed by atoms with Crippen molar-refractivity contribution in [2.45, 2.75) is 13.5 Å². The molecule has 1 aliphatic rings. The molecule has 1 fully saturated rings. The minimum absolute atomic E-state index is 0.523. The molecule has 86 valence electrons. The first-order chi connectivity index (χ1) is 7.78. The Balaban J connectivity index is 1.79. The number of nitrogens with zero attached hydrogens (tertiary/aromatic N) is 5. The van der Waals surface area contributed by atoms with Crippen LogP contribution in [0.2, 0.25) is 0 Å². The van der Waals surface area contributed by atoms with Crippen LogP contribution in [0.3, 0.4) is 0 Å². The van der Waals surface area contributed by atoms with Gasteiger partial charge in [-0.3, -0.25) is 9.80 Å². The Bertz CT molecular complexity index is 375. The van der Waals surface area contributed by atoms with Crippen molar-refractivity contribution in [1.82, 2.24) is 19.9 Å². The van der Waals surface area contributed by atoms with Gasteiger partial charge < -0.3 is 4.52 Å². The van der Waals surface area contributed by atoms with Crippen LogP contribution in [0, 0.1) is 18.3 Å². The Morgan fingerprint density at radius 3 is 2.56 bits per heavy atom. The summed E-state index contributed by atoms with van der Waals surface area (Å²) in [6.45, 7) is 6.83. The monoisotopic (exact) mass is 221 g/mol. The van der Waals surface area contributed by atoms with Crippen LogP contribution in [-0.2, 0) is 6.54 Å². The van der Waals surface area contributed by atoms with E-state index in [2.05, 4.69) is 26.0 Å². The van der Waals surface area contributed by atoms with Gasteiger partial charge in [-0.2, -0.15) is 10.2 Å². The van der Waals surface area contributed by atoms with Gasteiger partial charge in [0.2, 0.25) is 5.89 Å². The van der Waals surface area contributed by atoms with Gasteiger partial charge in [0, 0.05) is 33.1 Å². The second-order valence-electron chi connectivity index (χ2n) is 3.94. The van der Waals surface area contributed by atoms with E-state index >= 15 is 0 Å². The van der Waals surface area contributed by atoms with Crippen molar-refractivity contribution in [3.8, 4) is 6.07 Å². The molecule has 0 spiro atoms. The minimum Gasteiger partial charge on any atom is -0.340 e. The van der Waals surface area contributed by atoms with Crippen molar-refractivity contribution in [2.24, 2.45) is 0 Å². The number of rotatable bonds is 3. The van der Waals surface area contributed by atoms with Crippen LogP contribution in [0.5, 0.6) is 0 Å². The standard InChI is InChI=1S/C10H15N5O/c1-9-12-10(13-16-9)8-15-6-4-14(3-2-11)5-7-15/h3-8H2,1H3. The van der Waals surface area contributed by atoms with Gasteiger partial charge >= 0.3 is 0 Å². The van der Waals surface area contributed by atoms with Crippen LogP contribution in [-0.4, -0.2) is 52.7 Å². The summed E-state index contributed by atoms with van der Waals surface area (Å²) >= 11 is 0. The fourth-order valence-electron chi connectivity index (χ4n) is 1.81. The summed E-state index contributed by atoms with van der Waals surface area (Å²) in [6, 6.07) is 2.17. The predicted octanol–water partition coefficient (Wildman–Crippen LogP) is 0.0192. The Morgan fingerprint density at radius 2 is 2.00 bits per heavy atom. The molecule has 0 saturated carbocycles. The van der Waals surface area contributed by atoms with E-state index in [1.54, 1.807) is 6.92 Å². The molecule has 2 rings (SSSR count). The van der Waals surface area contributed by atoms with Crippen molar-refractivity contribution in [2.75, 3.05) is 32.7 Å². The zero-order valence-electron chi connectivity index (χ0n) is 9.39. The Morgan fingerprint density at radius 1 is 1.31 bits per heavy atom. The minimum atomic E-state index is 0.523. The highest BCUT2D eigenvalue weighted by Crippen LogP contribution is 2.05. The first kappa shape index (κ1) is 11.0. The number of aromatic nitrogens is 2. The van der Waals surface area contributed by atoms with Crippen molar-refractivity contribution < 1.29 is 4.52 Å². The second-order valence-corrected chi connectivity index (χ2v) is 3.94. The fraction of sp³-hybridized carbons (Fsp3) is 0.700. The largest absolute Gasteiger partial charge is 0.340 e. The lowest BCUT2D eigenvalue weighted by molar-refractivity contribution is 0.134. The first-order valence-electron chi connectivity index (χ1n) is 5.39. The molecule has 1 aliphatic heterocycles. The molecule has 6 nitrogen and oxygen atoms in total. The second kappa shape index (κ2) is 5.05. The van der Waals surface area contributed by atoms with Crippen molar-refractivity contribution in [1.29, 1.82) is 5.26 Å². The van der Waals surface area contributed by atoms with Crippen LogP contribution < -0.4 is 0 Å². The summed E-state index contributed by atoms with van der Waals surface area (Å²) in [7, 11) is 0. The average Bonchev–Trinajstić information content (AvgIpc) is 2.67. The number of hydrogen-bond donors (Lipinski definition) is 0. The lowest BCUT2D eigenvalue weighted by atomic mass is 10.3. The summed E-state index contributed by atoms with van der Waals surface area (Å²) in [5, 5.41) is 12.5. The van der Waals surface area contributed by atoms with E-state index in [1.165, 1.54) is 0 Å². The van der Waals surface area contributed by atoms with Gasteiger partial charge in [-0.05, 0) is 0 Å². The molecule has 2 heterocycles. The summed E-state index contributed by atoms with van der Waals surface area (Å²) < 4.78 is 4.92. The first-order valence-corrected chi connectivity index (χ1v) is 5.39. The smallest absolute Gasteiger partial charge is 0.223 e. The fourth-order valence-corrected chi connectivity index (χ4v) is 1.81. The molecular weight excluding hydrogens is 206 g/mol. The normalized spacial score (nSPS) is 18.5. The molecule has 0 bridgehead atoms. The van der Waals surface area contributed by atoms with E-state index in [0.717, 1.165) is 38.5 Å². The molecule has 0 unspecified atom stereocenters. The molecule has 0 atom stereocenters. The molecule has 6 heteroatoms. The molecule has 0 aliphatic carbocycles. The van der Waals surface area contributed by atoms with Crippen molar-refractivity contribution in [3.05, 3.63) is 11.7 Å². The molecule has 1 aromatic heterocycles. The third-order valence-corrected chi connectivity index (χ3v) is 2.69. The van der Waals surface area contributed by atoms with Crippen LogP contribution in [0.4, 0.5) is 0 Å². The maximum absolute atomic E-state index is 8.58. The molecule has 0 radical (unpaired) electrons.